The van der Waals surface area contributed by atoms with Gasteiger partial charge in [-0.05, 0) is 25.0 Å². The molecule has 6 nitrogen and oxygen atoms in total. The van der Waals surface area contributed by atoms with Gasteiger partial charge in [0.2, 0.25) is 5.91 Å². The number of guanidine groups is 1. The lowest BCUT2D eigenvalue weighted by Gasteiger charge is -2.11. The zero-order valence-electron chi connectivity index (χ0n) is 13.0. The molecule has 1 saturated carbocycles. The molecule has 0 aromatic heterocycles. The molecule has 1 aromatic carbocycles. The Morgan fingerprint density at radius 1 is 1.41 bits per heavy atom. The molecular formula is C16H24N4O2. The molecule has 1 amide bonds. The minimum atomic E-state index is 0.0461. The van der Waals surface area contributed by atoms with Gasteiger partial charge in [0.15, 0.2) is 5.96 Å². The second kappa shape index (κ2) is 8.26. The van der Waals surface area contributed by atoms with E-state index in [4.69, 9.17) is 10.5 Å². The molecule has 0 unspecified atom stereocenters. The van der Waals surface area contributed by atoms with Crippen molar-refractivity contribution in [1.29, 1.82) is 0 Å². The van der Waals surface area contributed by atoms with Gasteiger partial charge in [-0.25, -0.2) is 0 Å². The number of anilines is 1. The first-order valence-electron chi connectivity index (χ1n) is 7.68. The summed E-state index contributed by atoms with van der Waals surface area (Å²) in [4.78, 5) is 15.9. The van der Waals surface area contributed by atoms with E-state index in [-0.39, 0.29) is 5.91 Å². The number of hydrogen-bond acceptors (Lipinski definition) is 3. The van der Waals surface area contributed by atoms with Crippen LogP contribution in [0.15, 0.2) is 29.3 Å². The SMILES string of the molecule is COc1cccc(NC(N)=NCCC(=O)NC2CCCC2)c1. The third kappa shape index (κ3) is 5.27. The summed E-state index contributed by atoms with van der Waals surface area (Å²) in [6, 6.07) is 7.77. The van der Waals surface area contributed by atoms with E-state index in [1.165, 1.54) is 12.8 Å². The van der Waals surface area contributed by atoms with E-state index in [9.17, 15) is 4.79 Å². The van der Waals surface area contributed by atoms with Crippen LogP contribution < -0.4 is 21.1 Å². The maximum atomic E-state index is 11.8. The molecule has 4 N–H and O–H groups in total. The summed E-state index contributed by atoms with van der Waals surface area (Å²) in [5.41, 5.74) is 6.62. The van der Waals surface area contributed by atoms with Crippen molar-refractivity contribution in [3.63, 3.8) is 0 Å². The number of aliphatic imine (C=N–C) groups is 1. The fraction of sp³-hybridized carbons (Fsp3) is 0.500. The monoisotopic (exact) mass is 304 g/mol. The second-order valence-electron chi connectivity index (χ2n) is 5.42. The van der Waals surface area contributed by atoms with Crippen molar-refractivity contribution in [2.45, 2.75) is 38.1 Å². The van der Waals surface area contributed by atoms with Gasteiger partial charge in [0.1, 0.15) is 5.75 Å². The van der Waals surface area contributed by atoms with Crippen LogP contribution in [0, 0.1) is 0 Å². The summed E-state index contributed by atoms with van der Waals surface area (Å²) < 4.78 is 5.14. The molecule has 0 saturated heterocycles. The average Bonchev–Trinajstić information content (AvgIpc) is 3.00. The summed E-state index contributed by atoms with van der Waals surface area (Å²) >= 11 is 0. The summed E-state index contributed by atoms with van der Waals surface area (Å²) in [6.07, 6.45) is 4.96. The first-order chi connectivity index (χ1) is 10.7. The van der Waals surface area contributed by atoms with E-state index in [1.807, 2.05) is 24.3 Å². The maximum Gasteiger partial charge on any atom is 0.222 e. The quantitative estimate of drug-likeness (QED) is 0.553. The highest BCUT2D eigenvalue weighted by molar-refractivity contribution is 5.92. The van der Waals surface area contributed by atoms with E-state index in [0.29, 0.717) is 25.0 Å². The van der Waals surface area contributed by atoms with Gasteiger partial charge in [0.05, 0.1) is 13.7 Å². The minimum absolute atomic E-state index is 0.0461. The molecule has 120 valence electrons. The van der Waals surface area contributed by atoms with Crippen LogP contribution in [0.4, 0.5) is 5.69 Å². The first-order valence-corrected chi connectivity index (χ1v) is 7.68. The van der Waals surface area contributed by atoms with Crippen molar-refractivity contribution in [2.24, 2.45) is 10.7 Å². The molecule has 0 aliphatic heterocycles. The smallest absolute Gasteiger partial charge is 0.222 e. The van der Waals surface area contributed by atoms with Crippen LogP contribution in [-0.2, 0) is 4.79 Å². The number of methoxy groups -OCH3 is 1. The molecule has 2 rings (SSSR count). The van der Waals surface area contributed by atoms with Gasteiger partial charge < -0.3 is 21.1 Å². The van der Waals surface area contributed by atoms with Crippen molar-refractivity contribution in [3.8, 4) is 5.75 Å². The van der Waals surface area contributed by atoms with Gasteiger partial charge in [-0.1, -0.05) is 18.9 Å². The number of benzene rings is 1. The molecule has 22 heavy (non-hydrogen) atoms. The van der Waals surface area contributed by atoms with E-state index < -0.39 is 0 Å². The van der Waals surface area contributed by atoms with Crippen molar-refractivity contribution in [2.75, 3.05) is 19.0 Å². The van der Waals surface area contributed by atoms with Crippen molar-refractivity contribution in [1.82, 2.24) is 5.32 Å². The molecule has 0 radical (unpaired) electrons. The van der Waals surface area contributed by atoms with Gasteiger partial charge in [0, 0.05) is 24.2 Å². The molecule has 1 aromatic rings. The molecule has 0 atom stereocenters. The van der Waals surface area contributed by atoms with E-state index in [2.05, 4.69) is 15.6 Å². The van der Waals surface area contributed by atoms with Crippen molar-refractivity contribution >= 4 is 17.6 Å². The fourth-order valence-corrected chi connectivity index (χ4v) is 2.54. The fourth-order valence-electron chi connectivity index (χ4n) is 2.54. The van der Waals surface area contributed by atoms with Gasteiger partial charge in [0.25, 0.3) is 0 Å². The lowest BCUT2D eigenvalue weighted by atomic mass is 10.2. The molecule has 1 fully saturated rings. The number of carbonyl (C=O) groups is 1. The Bertz CT molecular complexity index is 525. The Balaban J connectivity index is 1.73. The highest BCUT2D eigenvalue weighted by Gasteiger charge is 2.16. The topological polar surface area (TPSA) is 88.7 Å². The Hall–Kier alpha value is -2.24. The Labute approximate surface area is 131 Å². The standard InChI is InChI=1S/C16H24N4O2/c1-22-14-8-4-7-13(11-14)20-16(17)18-10-9-15(21)19-12-5-2-3-6-12/h4,7-8,11-12H,2-3,5-6,9-10H2,1H3,(H,19,21)(H3,17,18,20). The van der Waals surface area contributed by atoms with Gasteiger partial charge in [-0.3, -0.25) is 9.79 Å². The van der Waals surface area contributed by atoms with E-state index in [1.54, 1.807) is 7.11 Å². The number of hydrogen-bond donors (Lipinski definition) is 3. The summed E-state index contributed by atoms with van der Waals surface area (Å²) in [5, 5.41) is 6.01. The van der Waals surface area contributed by atoms with Gasteiger partial charge in [-0.15, -0.1) is 0 Å². The normalized spacial score (nSPS) is 15.6. The third-order valence-corrected chi connectivity index (χ3v) is 3.68. The van der Waals surface area contributed by atoms with E-state index >= 15 is 0 Å². The predicted octanol–water partition coefficient (Wildman–Crippen LogP) is 1.87. The number of rotatable bonds is 6. The van der Waals surface area contributed by atoms with Gasteiger partial charge in [-0.2, -0.15) is 0 Å². The van der Waals surface area contributed by atoms with Crippen LogP contribution >= 0.6 is 0 Å². The largest absolute Gasteiger partial charge is 0.497 e. The van der Waals surface area contributed by atoms with Crippen LogP contribution in [0.25, 0.3) is 0 Å². The number of nitrogens with one attached hydrogen (secondary N) is 2. The molecule has 1 aliphatic carbocycles. The first kappa shape index (κ1) is 16.1. The van der Waals surface area contributed by atoms with Crippen LogP contribution in [-0.4, -0.2) is 31.6 Å². The lowest BCUT2D eigenvalue weighted by Crippen LogP contribution is -2.33. The average molecular weight is 304 g/mol. The summed E-state index contributed by atoms with van der Waals surface area (Å²) in [5.74, 6) is 1.08. The molecule has 0 bridgehead atoms. The number of nitrogens with zero attached hydrogens (tertiary/aromatic N) is 1. The second-order valence-corrected chi connectivity index (χ2v) is 5.42. The molecular weight excluding hydrogens is 280 g/mol. The van der Waals surface area contributed by atoms with Crippen LogP contribution in [0.3, 0.4) is 0 Å². The van der Waals surface area contributed by atoms with E-state index in [0.717, 1.165) is 24.3 Å². The highest BCUT2D eigenvalue weighted by atomic mass is 16.5. The zero-order valence-corrected chi connectivity index (χ0v) is 13.0. The van der Waals surface area contributed by atoms with Crippen LogP contribution in [0.5, 0.6) is 5.75 Å². The Kier molecular flexibility index (Phi) is 6.06. The predicted molar refractivity (Wildman–Crippen MR) is 88.1 cm³/mol. The lowest BCUT2D eigenvalue weighted by molar-refractivity contribution is -0.121. The van der Waals surface area contributed by atoms with Crippen molar-refractivity contribution in [3.05, 3.63) is 24.3 Å². The number of amides is 1. The minimum Gasteiger partial charge on any atom is -0.497 e. The molecule has 6 heteroatoms. The summed E-state index contributed by atoms with van der Waals surface area (Å²) in [6.45, 7) is 0.376. The third-order valence-electron chi connectivity index (χ3n) is 3.68. The Morgan fingerprint density at radius 2 is 2.18 bits per heavy atom. The molecule has 1 aliphatic rings. The number of nitrogens with two attached hydrogens (primary N) is 1. The van der Waals surface area contributed by atoms with Crippen LogP contribution in [0.2, 0.25) is 0 Å². The zero-order chi connectivity index (χ0) is 15.8. The number of ether oxygens (including phenoxy) is 1. The number of carbonyl (C=O) groups excluding carboxylic acids is 1. The molecule has 0 spiro atoms. The summed E-state index contributed by atoms with van der Waals surface area (Å²) in [7, 11) is 1.61. The maximum absolute atomic E-state index is 11.8. The molecule has 0 heterocycles. The van der Waals surface area contributed by atoms with Gasteiger partial charge >= 0.3 is 0 Å². The highest BCUT2D eigenvalue weighted by Crippen LogP contribution is 2.17. The van der Waals surface area contributed by atoms with Crippen LogP contribution in [0.1, 0.15) is 32.1 Å². The van der Waals surface area contributed by atoms with Crippen molar-refractivity contribution < 1.29 is 9.53 Å². The Morgan fingerprint density at radius 3 is 2.91 bits per heavy atom.